The third-order valence-electron chi connectivity index (χ3n) is 3.91. The van der Waals surface area contributed by atoms with E-state index in [1.807, 2.05) is 11.5 Å². The Morgan fingerprint density at radius 2 is 1.81 bits per heavy atom. The van der Waals surface area contributed by atoms with Crippen molar-refractivity contribution >= 4 is 0 Å². The van der Waals surface area contributed by atoms with Gasteiger partial charge in [0.05, 0.1) is 5.69 Å². The van der Waals surface area contributed by atoms with Crippen LogP contribution >= 0.6 is 0 Å². The third kappa shape index (κ3) is 3.24. The van der Waals surface area contributed by atoms with Crippen molar-refractivity contribution in [2.45, 2.75) is 46.7 Å². The van der Waals surface area contributed by atoms with Crippen molar-refractivity contribution in [3.63, 3.8) is 0 Å². The summed E-state index contributed by atoms with van der Waals surface area (Å²) in [4.78, 5) is 12.7. The van der Waals surface area contributed by atoms with Gasteiger partial charge in [0.2, 0.25) is 0 Å². The lowest BCUT2D eigenvalue weighted by Crippen LogP contribution is -2.28. The number of aromatic nitrogens is 1. The van der Waals surface area contributed by atoms with E-state index in [1.54, 1.807) is 0 Å². The molecule has 0 atom stereocenters. The lowest BCUT2D eigenvalue weighted by atomic mass is 10.0. The first kappa shape index (κ1) is 15.5. The highest BCUT2D eigenvalue weighted by Crippen LogP contribution is 2.21. The molecule has 1 heterocycles. The lowest BCUT2D eigenvalue weighted by Gasteiger charge is -2.16. The van der Waals surface area contributed by atoms with Crippen molar-refractivity contribution in [1.29, 1.82) is 0 Å². The van der Waals surface area contributed by atoms with Gasteiger partial charge in [-0.25, -0.2) is 0 Å². The minimum atomic E-state index is 0.0570. The van der Waals surface area contributed by atoms with Gasteiger partial charge in [-0.2, -0.15) is 0 Å². The first-order chi connectivity index (χ1) is 10.1. The van der Waals surface area contributed by atoms with Crippen LogP contribution in [0.1, 0.15) is 36.5 Å². The Labute approximate surface area is 126 Å². The molecule has 2 aromatic rings. The second kappa shape index (κ2) is 6.72. The highest BCUT2D eigenvalue weighted by molar-refractivity contribution is 5.61. The summed E-state index contributed by atoms with van der Waals surface area (Å²) >= 11 is 0. The van der Waals surface area contributed by atoms with Crippen LogP contribution in [0, 0.1) is 13.8 Å². The van der Waals surface area contributed by atoms with E-state index in [2.05, 4.69) is 44.2 Å². The summed E-state index contributed by atoms with van der Waals surface area (Å²) < 4.78 is 1.88. The number of pyridine rings is 1. The molecule has 3 heteroatoms. The molecule has 1 aromatic carbocycles. The van der Waals surface area contributed by atoms with Crippen molar-refractivity contribution in [2.75, 3.05) is 0 Å². The first-order valence-corrected chi connectivity index (χ1v) is 7.59. The van der Waals surface area contributed by atoms with E-state index in [0.29, 0.717) is 6.54 Å². The summed E-state index contributed by atoms with van der Waals surface area (Å²) in [6.07, 6.45) is 2.05. The summed E-state index contributed by atoms with van der Waals surface area (Å²) in [5.74, 6) is 0. The van der Waals surface area contributed by atoms with Crippen LogP contribution < -0.4 is 11.3 Å². The van der Waals surface area contributed by atoms with Gasteiger partial charge < -0.3 is 10.3 Å². The molecule has 0 radical (unpaired) electrons. The van der Waals surface area contributed by atoms with Crippen molar-refractivity contribution in [3.8, 4) is 11.3 Å². The minimum absolute atomic E-state index is 0.0570. The van der Waals surface area contributed by atoms with Crippen molar-refractivity contribution in [3.05, 3.63) is 57.4 Å². The molecule has 2 N–H and O–H groups in total. The standard InChI is InChI=1S/C18H24N2O/c1-4-5-10-20-17(15-8-6-13(2)7-9-15)11-14(3)16(12-19)18(20)21/h6-9,11H,4-5,10,12,19H2,1-3H3. The van der Waals surface area contributed by atoms with Crippen LogP contribution in [0.5, 0.6) is 0 Å². The predicted molar refractivity (Wildman–Crippen MR) is 88.4 cm³/mol. The average Bonchev–Trinajstić information content (AvgIpc) is 2.47. The molecule has 1 aromatic heterocycles. The number of rotatable bonds is 5. The highest BCUT2D eigenvalue weighted by Gasteiger charge is 2.12. The fourth-order valence-corrected chi connectivity index (χ4v) is 2.56. The molecule has 0 aliphatic carbocycles. The maximum absolute atomic E-state index is 12.7. The monoisotopic (exact) mass is 284 g/mol. The molecule has 0 amide bonds. The molecule has 0 aliphatic rings. The fourth-order valence-electron chi connectivity index (χ4n) is 2.56. The molecule has 0 spiro atoms. The third-order valence-corrected chi connectivity index (χ3v) is 3.91. The molecule has 0 bridgehead atoms. The number of unbranched alkanes of at least 4 members (excludes halogenated alkanes) is 1. The molecular weight excluding hydrogens is 260 g/mol. The van der Waals surface area contributed by atoms with Crippen molar-refractivity contribution in [1.82, 2.24) is 4.57 Å². The fraction of sp³-hybridized carbons (Fsp3) is 0.389. The topological polar surface area (TPSA) is 48.0 Å². The minimum Gasteiger partial charge on any atom is -0.326 e. The van der Waals surface area contributed by atoms with Crippen LogP contribution in [-0.2, 0) is 13.1 Å². The molecule has 0 unspecified atom stereocenters. The summed E-state index contributed by atoms with van der Waals surface area (Å²) in [6, 6.07) is 10.4. The number of nitrogens with zero attached hydrogens (tertiary/aromatic N) is 1. The summed E-state index contributed by atoms with van der Waals surface area (Å²) in [5, 5.41) is 0. The van der Waals surface area contributed by atoms with Gasteiger partial charge in [0.15, 0.2) is 0 Å². The average molecular weight is 284 g/mol. The smallest absolute Gasteiger partial charge is 0.255 e. The predicted octanol–water partition coefficient (Wildman–Crippen LogP) is 3.39. The SMILES string of the molecule is CCCCn1c(-c2ccc(C)cc2)cc(C)c(CN)c1=O. The van der Waals surface area contributed by atoms with E-state index < -0.39 is 0 Å². The summed E-state index contributed by atoms with van der Waals surface area (Å²) in [7, 11) is 0. The van der Waals surface area contributed by atoms with Crippen LogP contribution in [0.15, 0.2) is 35.1 Å². The molecule has 2 rings (SSSR count). The molecule has 0 fully saturated rings. The first-order valence-electron chi connectivity index (χ1n) is 7.59. The van der Waals surface area contributed by atoms with E-state index in [9.17, 15) is 4.79 Å². The van der Waals surface area contributed by atoms with Gasteiger partial charge in [0, 0.05) is 18.7 Å². The van der Waals surface area contributed by atoms with Crippen molar-refractivity contribution in [2.24, 2.45) is 5.73 Å². The number of nitrogens with two attached hydrogens (primary N) is 1. The van der Waals surface area contributed by atoms with Crippen molar-refractivity contribution < 1.29 is 0 Å². The van der Waals surface area contributed by atoms with Gasteiger partial charge in [0.25, 0.3) is 5.56 Å². The lowest BCUT2D eigenvalue weighted by molar-refractivity contribution is 0.612. The van der Waals surface area contributed by atoms with E-state index in [4.69, 9.17) is 5.73 Å². The van der Waals surface area contributed by atoms with Crippen LogP contribution in [0.25, 0.3) is 11.3 Å². The highest BCUT2D eigenvalue weighted by atomic mass is 16.1. The van der Waals surface area contributed by atoms with Crippen LogP contribution in [0.2, 0.25) is 0 Å². The van der Waals surface area contributed by atoms with Gasteiger partial charge >= 0.3 is 0 Å². The zero-order chi connectivity index (χ0) is 15.4. The summed E-state index contributed by atoms with van der Waals surface area (Å²) in [5.41, 5.74) is 10.8. The normalized spacial score (nSPS) is 10.9. The molecule has 112 valence electrons. The van der Waals surface area contributed by atoms with Gasteiger partial charge in [-0.05, 0) is 37.5 Å². The second-order valence-corrected chi connectivity index (χ2v) is 5.57. The van der Waals surface area contributed by atoms with Crippen LogP contribution in [-0.4, -0.2) is 4.57 Å². The second-order valence-electron chi connectivity index (χ2n) is 5.57. The van der Waals surface area contributed by atoms with E-state index >= 15 is 0 Å². The zero-order valence-electron chi connectivity index (χ0n) is 13.1. The van der Waals surface area contributed by atoms with E-state index in [0.717, 1.165) is 41.8 Å². The molecule has 0 saturated heterocycles. The Morgan fingerprint density at radius 3 is 2.38 bits per heavy atom. The summed E-state index contributed by atoms with van der Waals surface area (Å²) in [6.45, 7) is 7.20. The van der Waals surface area contributed by atoms with Gasteiger partial charge in [-0.3, -0.25) is 4.79 Å². The van der Waals surface area contributed by atoms with Gasteiger partial charge in [-0.1, -0.05) is 43.2 Å². The molecule has 0 aliphatic heterocycles. The Balaban J connectivity index is 2.63. The zero-order valence-corrected chi connectivity index (χ0v) is 13.1. The molecule has 0 saturated carbocycles. The Bertz CT molecular complexity index is 669. The Hall–Kier alpha value is -1.87. The van der Waals surface area contributed by atoms with Crippen LogP contribution in [0.3, 0.4) is 0 Å². The number of hydrogen-bond donors (Lipinski definition) is 1. The van der Waals surface area contributed by atoms with E-state index in [-0.39, 0.29) is 5.56 Å². The quantitative estimate of drug-likeness (QED) is 0.915. The van der Waals surface area contributed by atoms with E-state index in [1.165, 1.54) is 5.56 Å². The maximum atomic E-state index is 12.7. The number of hydrogen-bond acceptors (Lipinski definition) is 2. The number of aryl methyl sites for hydroxylation is 2. The van der Waals surface area contributed by atoms with Gasteiger partial charge in [0.1, 0.15) is 0 Å². The molecular formula is C18H24N2O. The maximum Gasteiger partial charge on any atom is 0.255 e. The Morgan fingerprint density at radius 1 is 1.14 bits per heavy atom. The number of benzene rings is 1. The molecule has 21 heavy (non-hydrogen) atoms. The largest absolute Gasteiger partial charge is 0.326 e. The van der Waals surface area contributed by atoms with Crippen LogP contribution in [0.4, 0.5) is 0 Å². The van der Waals surface area contributed by atoms with Gasteiger partial charge in [-0.15, -0.1) is 0 Å². The molecule has 3 nitrogen and oxygen atoms in total. The Kier molecular flexibility index (Phi) is 4.97.